The first kappa shape index (κ1) is 11.8. The van der Waals surface area contributed by atoms with Crippen LogP contribution in [0.3, 0.4) is 0 Å². The third-order valence-electron chi connectivity index (χ3n) is 1.28. The number of nitrogens with zero attached hydrogens (tertiary/aromatic N) is 4. The molecule has 2 aromatic rings. The number of hydrogen-bond acceptors (Lipinski definition) is 9. The molecule has 0 aliphatic carbocycles. The van der Waals surface area contributed by atoms with Crippen LogP contribution in [0.15, 0.2) is 21.8 Å². The van der Waals surface area contributed by atoms with Crippen LogP contribution in [0, 0.1) is 0 Å². The number of rotatable bonds is 2. The largest absolute Gasteiger partial charge is 0.463 e. The maximum atomic E-state index is 10.5. The summed E-state index contributed by atoms with van der Waals surface area (Å²) in [5, 5.41) is 14.8. The fourth-order valence-corrected chi connectivity index (χ4v) is 0.614. The van der Waals surface area contributed by atoms with Gasteiger partial charge in [-0.25, -0.2) is 4.79 Å². The normalized spacial score (nSPS) is 9.12. The van der Waals surface area contributed by atoms with Gasteiger partial charge in [-0.3, -0.25) is 0 Å². The molecule has 0 aliphatic heterocycles. The zero-order valence-electron chi connectivity index (χ0n) is 8.23. The minimum absolute atomic E-state index is 0.0579. The third-order valence-corrected chi connectivity index (χ3v) is 1.28. The van der Waals surface area contributed by atoms with E-state index in [0.717, 1.165) is 6.39 Å². The van der Waals surface area contributed by atoms with E-state index in [4.69, 9.17) is 5.11 Å². The third kappa shape index (κ3) is 3.46. The lowest BCUT2D eigenvalue weighted by molar-refractivity contribution is 0.0583. The summed E-state index contributed by atoms with van der Waals surface area (Å²) in [5.74, 6) is -0.332. The van der Waals surface area contributed by atoms with E-state index in [1.54, 1.807) is 0 Å². The number of esters is 1. The predicted molar refractivity (Wildman–Crippen MR) is 45.9 cm³/mol. The molecular formula is C7H8N4O5. The van der Waals surface area contributed by atoms with Gasteiger partial charge in [-0.2, -0.15) is 9.97 Å². The highest BCUT2D eigenvalue weighted by Gasteiger charge is 2.08. The number of ether oxygens (including phenoxy) is 1. The quantitative estimate of drug-likeness (QED) is 0.671. The van der Waals surface area contributed by atoms with E-state index in [2.05, 4.69) is 34.1 Å². The van der Waals surface area contributed by atoms with Crippen LogP contribution in [-0.2, 0) is 11.3 Å². The lowest BCUT2D eigenvalue weighted by Gasteiger charge is -1.86. The molecule has 2 aromatic heterocycles. The van der Waals surface area contributed by atoms with Crippen molar-refractivity contribution in [3.05, 3.63) is 24.4 Å². The molecule has 0 saturated carbocycles. The van der Waals surface area contributed by atoms with E-state index in [9.17, 15) is 4.79 Å². The number of methoxy groups -OCH3 is 1. The van der Waals surface area contributed by atoms with Gasteiger partial charge in [0.2, 0.25) is 12.8 Å². The fourth-order valence-electron chi connectivity index (χ4n) is 0.614. The van der Waals surface area contributed by atoms with Crippen molar-refractivity contribution < 1.29 is 23.7 Å². The molecule has 0 aliphatic rings. The zero-order chi connectivity index (χ0) is 11.8. The van der Waals surface area contributed by atoms with Gasteiger partial charge in [0.1, 0.15) is 6.61 Å². The van der Waals surface area contributed by atoms with E-state index >= 15 is 0 Å². The second-order valence-corrected chi connectivity index (χ2v) is 2.25. The van der Waals surface area contributed by atoms with Gasteiger partial charge in [-0.05, 0) is 0 Å². The van der Waals surface area contributed by atoms with Crippen LogP contribution in [0.4, 0.5) is 0 Å². The van der Waals surface area contributed by atoms with Crippen LogP contribution < -0.4 is 0 Å². The zero-order valence-corrected chi connectivity index (χ0v) is 8.23. The average Bonchev–Trinajstić information content (AvgIpc) is 3.01. The van der Waals surface area contributed by atoms with Crippen LogP contribution >= 0.6 is 0 Å². The van der Waals surface area contributed by atoms with Gasteiger partial charge in [0.25, 0.3) is 5.82 Å². The monoisotopic (exact) mass is 228 g/mol. The minimum Gasteiger partial charge on any atom is -0.463 e. The van der Waals surface area contributed by atoms with Gasteiger partial charge >= 0.3 is 5.97 Å². The van der Waals surface area contributed by atoms with Gasteiger partial charge in [0.05, 0.1) is 7.11 Å². The molecule has 0 amide bonds. The molecule has 0 saturated heterocycles. The van der Waals surface area contributed by atoms with Gasteiger partial charge in [0.15, 0.2) is 5.82 Å². The second kappa shape index (κ2) is 6.24. The van der Waals surface area contributed by atoms with Crippen LogP contribution in [0.5, 0.6) is 0 Å². The van der Waals surface area contributed by atoms with E-state index < -0.39 is 5.97 Å². The fraction of sp³-hybridized carbons (Fsp3) is 0.286. The Kier molecular flexibility index (Phi) is 4.60. The summed E-state index contributed by atoms with van der Waals surface area (Å²) in [7, 11) is 1.25. The Labute approximate surface area is 89.0 Å². The summed E-state index contributed by atoms with van der Waals surface area (Å²) in [6.45, 7) is -0.156. The number of aliphatic hydroxyl groups excluding tert-OH is 1. The lowest BCUT2D eigenvalue weighted by atomic mass is 10.6. The average molecular weight is 228 g/mol. The number of carbonyl (C=O) groups is 1. The predicted octanol–water partition coefficient (Wildman–Crippen LogP) is -0.582. The maximum Gasteiger partial charge on any atom is 0.379 e. The van der Waals surface area contributed by atoms with Crippen molar-refractivity contribution in [2.45, 2.75) is 6.61 Å². The molecular weight excluding hydrogens is 220 g/mol. The molecule has 9 nitrogen and oxygen atoms in total. The Balaban J connectivity index is 0.000000165. The summed E-state index contributed by atoms with van der Waals surface area (Å²) in [5.41, 5.74) is 0. The molecule has 0 radical (unpaired) electrons. The van der Waals surface area contributed by atoms with E-state index in [0.29, 0.717) is 5.82 Å². The topological polar surface area (TPSA) is 124 Å². The van der Waals surface area contributed by atoms with E-state index in [1.807, 2.05) is 0 Å². The molecule has 0 atom stereocenters. The van der Waals surface area contributed by atoms with Gasteiger partial charge in [0, 0.05) is 0 Å². The molecule has 0 unspecified atom stereocenters. The molecule has 2 heterocycles. The van der Waals surface area contributed by atoms with Crippen LogP contribution in [0.2, 0.25) is 0 Å². The maximum absolute atomic E-state index is 10.5. The smallest absolute Gasteiger partial charge is 0.379 e. The SMILES string of the molecule is COC(=O)c1ncon1.OCc1ncon1. The standard InChI is InChI=1S/C4H4N2O3.C3H4N2O2/c1-8-4(7)3-5-2-9-6-3;6-1-3-4-2-7-5-3/h2H,1H3;2,6H,1H2. The highest BCUT2D eigenvalue weighted by molar-refractivity contribution is 5.84. The summed E-state index contributed by atoms with van der Waals surface area (Å²) in [4.78, 5) is 17.4. The molecule has 16 heavy (non-hydrogen) atoms. The Morgan fingerprint density at radius 1 is 1.38 bits per heavy atom. The molecule has 0 fully saturated rings. The van der Waals surface area contributed by atoms with Gasteiger partial charge in [-0.15, -0.1) is 0 Å². The summed E-state index contributed by atoms with van der Waals surface area (Å²) >= 11 is 0. The molecule has 1 N–H and O–H groups in total. The van der Waals surface area contributed by atoms with E-state index in [-0.39, 0.29) is 12.4 Å². The van der Waals surface area contributed by atoms with E-state index in [1.165, 1.54) is 13.5 Å². The van der Waals surface area contributed by atoms with Crippen molar-refractivity contribution in [1.82, 2.24) is 20.3 Å². The van der Waals surface area contributed by atoms with Gasteiger partial charge < -0.3 is 18.9 Å². The number of carbonyl (C=O) groups excluding carboxylic acids is 1. The molecule has 9 heteroatoms. The van der Waals surface area contributed by atoms with Crippen molar-refractivity contribution in [3.8, 4) is 0 Å². The van der Waals surface area contributed by atoms with Crippen LogP contribution in [0.1, 0.15) is 16.4 Å². The summed E-state index contributed by atoms with van der Waals surface area (Å²) < 4.78 is 12.8. The first-order valence-corrected chi connectivity index (χ1v) is 3.98. The highest BCUT2D eigenvalue weighted by atomic mass is 16.5. The summed E-state index contributed by atoms with van der Waals surface area (Å²) in [6.07, 6.45) is 2.23. The van der Waals surface area contributed by atoms with Crippen molar-refractivity contribution >= 4 is 5.97 Å². The Bertz CT molecular complexity index is 398. The minimum atomic E-state index is -0.594. The lowest BCUT2D eigenvalue weighted by Crippen LogP contribution is -2.02. The Hall–Kier alpha value is -2.29. The number of hydrogen-bond donors (Lipinski definition) is 1. The molecule has 2 rings (SSSR count). The Morgan fingerprint density at radius 3 is 2.44 bits per heavy atom. The first-order valence-electron chi connectivity index (χ1n) is 3.98. The summed E-state index contributed by atoms with van der Waals surface area (Å²) in [6, 6.07) is 0. The van der Waals surface area contributed by atoms with Crippen LogP contribution in [-0.4, -0.2) is 38.5 Å². The Morgan fingerprint density at radius 2 is 2.06 bits per heavy atom. The first-order chi connectivity index (χ1) is 7.77. The second-order valence-electron chi connectivity index (χ2n) is 2.25. The highest BCUT2D eigenvalue weighted by Crippen LogP contribution is 1.89. The number of aliphatic hydroxyl groups is 1. The van der Waals surface area contributed by atoms with Crippen molar-refractivity contribution in [1.29, 1.82) is 0 Å². The molecule has 0 spiro atoms. The molecule has 0 aromatic carbocycles. The molecule has 0 bridgehead atoms. The number of aromatic nitrogens is 4. The van der Waals surface area contributed by atoms with Crippen molar-refractivity contribution in [2.24, 2.45) is 0 Å². The molecule has 86 valence electrons. The van der Waals surface area contributed by atoms with Crippen molar-refractivity contribution in [3.63, 3.8) is 0 Å². The van der Waals surface area contributed by atoms with Gasteiger partial charge in [-0.1, -0.05) is 10.3 Å². The van der Waals surface area contributed by atoms with Crippen molar-refractivity contribution in [2.75, 3.05) is 7.11 Å². The van der Waals surface area contributed by atoms with Crippen LogP contribution in [0.25, 0.3) is 0 Å².